The van der Waals surface area contributed by atoms with Gasteiger partial charge in [-0.2, -0.15) is 0 Å². The molecular weight excluding hydrogens is 482 g/mol. The molecule has 0 aromatic heterocycles. The van der Waals surface area contributed by atoms with Gasteiger partial charge in [0.25, 0.3) is 5.91 Å². The molecule has 0 heterocycles. The predicted octanol–water partition coefficient (Wildman–Crippen LogP) is 5.14. The summed E-state index contributed by atoms with van der Waals surface area (Å²) in [6.07, 6.45) is 5.43. The summed E-state index contributed by atoms with van der Waals surface area (Å²) in [5, 5.41) is 5.61. The molecule has 2 N–H and O–H groups in total. The Morgan fingerprint density at radius 1 is 1.05 bits per heavy atom. The number of amides is 3. The lowest BCUT2D eigenvalue weighted by Crippen LogP contribution is -2.52. The molecule has 8 nitrogen and oxygen atoms in total. The van der Waals surface area contributed by atoms with E-state index in [2.05, 4.69) is 16.6 Å². The van der Waals surface area contributed by atoms with Gasteiger partial charge in [0.1, 0.15) is 23.4 Å². The van der Waals surface area contributed by atoms with E-state index >= 15 is 0 Å². The molecule has 0 aliphatic carbocycles. The number of ether oxygens (including phenoxy) is 2. The first kappa shape index (κ1) is 30.2. The minimum Gasteiger partial charge on any atom is -0.497 e. The summed E-state index contributed by atoms with van der Waals surface area (Å²) in [6, 6.07) is 11.9. The van der Waals surface area contributed by atoms with E-state index in [1.54, 1.807) is 83.3 Å². The van der Waals surface area contributed by atoms with E-state index in [4.69, 9.17) is 15.9 Å². The quantitative estimate of drug-likeness (QED) is 0.422. The molecule has 2 rings (SSSR count). The van der Waals surface area contributed by atoms with Crippen LogP contribution in [0.25, 0.3) is 0 Å². The molecule has 2 aromatic carbocycles. The van der Waals surface area contributed by atoms with E-state index in [0.29, 0.717) is 29.0 Å². The third-order valence-corrected chi connectivity index (χ3v) is 5.65. The Bertz CT molecular complexity index is 1150. The van der Waals surface area contributed by atoms with Crippen LogP contribution >= 0.6 is 0 Å². The summed E-state index contributed by atoms with van der Waals surface area (Å²) in [6.45, 7) is 11.1. The van der Waals surface area contributed by atoms with Crippen LogP contribution in [0, 0.1) is 18.3 Å². The summed E-state index contributed by atoms with van der Waals surface area (Å²) in [7, 11) is 1.56. The number of nitrogens with zero attached hydrogens (tertiary/aromatic N) is 1. The van der Waals surface area contributed by atoms with Gasteiger partial charge >= 0.3 is 6.09 Å². The first-order valence-corrected chi connectivity index (χ1v) is 12.7. The molecule has 2 atom stereocenters. The number of rotatable bonds is 10. The van der Waals surface area contributed by atoms with Crippen LogP contribution in [0.2, 0.25) is 0 Å². The minimum atomic E-state index is -1.04. The Hall–Kier alpha value is -3.99. The average Bonchev–Trinajstić information content (AvgIpc) is 2.85. The molecule has 8 heteroatoms. The van der Waals surface area contributed by atoms with E-state index in [1.165, 1.54) is 4.90 Å². The van der Waals surface area contributed by atoms with Gasteiger partial charge in [-0.05, 0) is 75.9 Å². The van der Waals surface area contributed by atoms with Gasteiger partial charge < -0.3 is 25.0 Å². The molecule has 0 saturated heterocycles. The smallest absolute Gasteiger partial charge is 0.408 e. The number of hydrogen-bond acceptors (Lipinski definition) is 5. The van der Waals surface area contributed by atoms with Crippen LogP contribution in [-0.2, 0) is 14.3 Å². The fourth-order valence-corrected chi connectivity index (χ4v) is 4.01. The van der Waals surface area contributed by atoms with E-state index in [0.717, 1.165) is 0 Å². The average molecular weight is 522 g/mol. The lowest BCUT2D eigenvalue weighted by molar-refractivity contribution is -0.140. The minimum absolute atomic E-state index is 0.0853. The van der Waals surface area contributed by atoms with Gasteiger partial charge in [-0.3, -0.25) is 9.59 Å². The molecule has 3 amide bonds. The number of carbonyl (C=O) groups is 3. The van der Waals surface area contributed by atoms with E-state index < -0.39 is 35.6 Å². The van der Waals surface area contributed by atoms with Gasteiger partial charge in [0.05, 0.1) is 7.11 Å². The van der Waals surface area contributed by atoms with Crippen molar-refractivity contribution >= 4 is 23.6 Å². The maximum Gasteiger partial charge on any atom is 0.408 e. The van der Waals surface area contributed by atoms with Crippen LogP contribution in [0.5, 0.6) is 5.75 Å². The number of hydrogen-bond donors (Lipinski definition) is 2. The molecule has 2 unspecified atom stereocenters. The molecule has 0 bridgehead atoms. The van der Waals surface area contributed by atoms with Gasteiger partial charge in [-0.25, -0.2) is 4.79 Å². The van der Waals surface area contributed by atoms with Crippen LogP contribution in [0.4, 0.5) is 10.5 Å². The first-order chi connectivity index (χ1) is 17.9. The molecule has 0 aliphatic rings. The van der Waals surface area contributed by atoms with E-state index in [9.17, 15) is 14.4 Å². The molecule has 2 aromatic rings. The molecule has 0 radical (unpaired) electrons. The molecule has 0 saturated carbocycles. The standard InChI is InChI=1S/C30H39N3O5/c1-9-21-13-11-12-14-24(21)26(27(34)31-22-15-17-23(37-8)18-16-22)33(10-2)28(35)25(19-20(3)4)32-29(36)38-30(5,6)7/h1,11-18,20,25-26H,10,19H2,2-8H3,(H,31,34)(H,32,36). The lowest BCUT2D eigenvalue weighted by atomic mass is 9.96. The summed E-state index contributed by atoms with van der Waals surface area (Å²) in [5.41, 5.74) is 0.811. The van der Waals surface area contributed by atoms with Gasteiger partial charge in [-0.15, -0.1) is 6.42 Å². The Balaban J connectivity index is 2.49. The van der Waals surface area contributed by atoms with Gasteiger partial charge in [0, 0.05) is 17.8 Å². The molecular formula is C30H39N3O5. The highest BCUT2D eigenvalue weighted by atomic mass is 16.6. The van der Waals surface area contributed by atoms with Crippen molar-refractivity contribution in [2.75, 3.05) is 19.0 Å². The number of carbonyl (C=O) groups excluding carboxylic acids is 3. The molecule has 0 fully saturated rings. The predicted molar refractivity (Wildman–Crippen MR) is 149 cm³/mol. The van der Waals surface area contributed by atoms with Gasteiger partial charge in [-0.1, -0.05) is 38.0 Å². The Kier molecular flexibility index (Phi) is 10.8. The monoisotopic (exact) mass is 521 g/mol. The summed E-state index contributed by atoms with van der Waals surface area (Å²) < 4.78 is 10.6. The van der Waals surface area contributed by atoms with Crippen LogP contribution in [0.15, 0.2) is 48.5 Å². The highest BCUT2D eigenvalue weighted by molar-refractivity contribution is 5.99. The fourth-order valence-electron chi connectivity index (χ4n) is 4.01. The second-order valence-electron chi connectivity index (χ2n) is 10.3. The van der Waals surface area contributed by atoms with Crippen molar-refractivity contribution < 1.29 is 23.9 Å². The number of methoxy groups -OCH3 is 1. The van der Waals surface area contributed by atoms with Gasteiger partial charge in [0.2, 0.25) is 5.91 Å². The molecule has 0 spiro atoms. The van der Waals surface area contributed by atoms with E-state index in [-0.39, 0.29) is 12.5 Å². The highest BCUT2D eigenvalue weighted by Crippen LogP contribution is 2.28. The topological polar surface area (TPSA) is 97.0 Å². The summed E-state index contributed by atoms with van der Waals surface area (Å²) in [5.74, 6) is 2.51. The normalized spacial score (nSPS) is 12.6. The number of nitrogens with one attached hydrogen (secondary N) is 2. The highest BCUT2D eigenvalue weighted by Gasteiger charge is 2.36. The number of likely N-dealkylation sites (N-methyl/N-ethyl adjacent to an activating group) is 1. The number of anilines is 1. The van der Waals surface area contributed by atoms with Crippen molar-refractivity contribution in [2.24, 2.45) is 5.92 Å². The summed E-state index contributed by atoms with van der Waals surface area (Å²) in [4.78, 5) is 41.8. The van der Waals surface area contributed by atoms with Crippen LogP contribution < -0.4 is 15.4 Å². The zero-order valence-corrected chi connectivity index (χ0v) is 23.3. The Morgan fingerprint density at radius 3 is 2.21 bits per heavy atom. The number of terminal acetylenes is 1. The lowest BCUT2D eigenvalue weighted by Gasteiger charge is -2.34. The van der Waals surface area contributed by atoms with E-state index in [1.807, 2.05) is 13.8 Å². The maximum absolute atomic E-state index is 14.0. The summed E-state index contributed by atoms with van der Waals surface area (Å²) >= 11 is 0. The van der Waals surface area contributed by atoms with Crippen LogP contribution in [0.1, 0.15) is 65.1 Å². The van der Waals surface area contributed by atoms with Crippen molar-refractivity contribution in [1.29, 1.82) is 0 Å². The number of benzene rings is 2. The zero-order chi connectivity index (χ0) is 28.5. The van der Waals surface area contributed by atoms with Crippen molar-refractivity contribution in [3.05, 3.63) is 59.7 Å². The SMILES string of the molecule is C#Cc1ccccc1C(C(=O)Nc1ccc(OC)cc1)N(CC)C(=O)C(CC(C)C)NC(=O)OC(C)(C)C. The van der Waals surface area contributed by atoms with Crippen molar-refractivity contribution in [1.82, 2.24) is 10.2 Å². The van der Waals surface area contributed by atoms with Gasteiger partial charge in [0.15, 0.2) is 0 Å². The largest absolute Gasteiger partial charge is 0.497 e. The Labute approximate surface area is 226 Å². The fraction of sp³-hybridized carbons (Fsp3) is 0.433. The van der Waals surface area contributed by atoms with Crippen molar-refractivity contribution in [2.45, 2.75) is 65.6 Å². The second kappa shape index (κ2) is 13.5. The molecule has 38 heavy (non-hydrogen) atoms. The third-order valence-electron chi connectivity index (χ3n) is 5.65. The Morgan fingerprint density at radius 2 is 1.68 bits per heavy atom. The molecule has 204 valence electrons. The zero-order valence-electron chi connectivity index (χ0n) is 23.3. The van der Waals surface area contributed by atoms with Crippen LogP contribution in [0.3, 0.4) is 0 Å². The number of alkyl carbamates (subject to hydrolysis) is 1. The first-order valence-electron chi connectivity index (χ1n) is 12.7. The molecule has 0 aliphatic heterocycles. The second-order valence-corrected chi connectivity index (χ2v) is 10.3. The third kappa shape index (κ3) is 8.55. The van der Waals surface area contributed by atoms with Crippen molar-refractivity contribution in [3.8, 4) is 18.1 Å². The van der Waals surface area contributed by atoms with Crippen LogP contribution in [-0.4, -0.2) is 48.1 Å². The maximum atomic E-state index is 14.0. The van der Waals surface area contributed by atoms with Crippen molar-refractivity contribution in [3.63, 3.8) is 0 Å².